The molecule has 0 N–H and O–H groups in total. The summed E-state index contributed by atoms with van der Waals surface area (Å²) >= 11 is 9.01. The van der Waals surface area contributed by atoms with E-state index in [0.29, 0.717) is 22.3 Å². The Balaban J connectivity index is 2.69. The minimum atomic E-state index is -0.512. The summed E-state index contributed by atoms with van der Waals surface area (Å²) in [6.07, 6.45) is 0.234. The highest BCUT2D eigenvalue weighted by atomic mass is 79.9. The first-order valence-electron chi connectivity index (χ1n) is 4.53. The second kappa shape index (κ2) is 3.76. The number of halogens is 3. The molecule has 5 heteroatoms. The van der Waals surface area contributed by atoms with Crippen molar-refractivity contribution in [2.45, 2.75) is 13.3 Å². The molecular formula is C10H8BrClFNO. The van der Waals surface area contributed by atoms with Gasteiger partial charge in [0.15, 0.2) is 5.82 Å². The Bertz CT molecular complexity index is 450. The third-order valence-corrected chi connectivity index (χ3v) is 3.44. The summed E-state index contributed by atoms with van der Waals surface area (Å²) in [7, 11) is 0. The van der Waals surface area contributed by atoms with Gasteiger partial charge in [0.25, 0.3) is 0 Å². The molecule has 0 bridgehead atoms. The number of nitrogens with zero attached hydrogens (tertiary/aromatic N) is 1. The van der Waals surface area contributed by atoms with Gasteiger partial charge < -0.3 is 4.90 Å². The maximum Gasteiger partial charge on any atom is 0.231 e. The van der Waals surface area contributed by atoms with E-state index in [1.165, 1.54) is 11.0 Å². The van der Waals surface area contributed by atoms with Gasteiger partial charge in [-0.25, -0.2) is 4.39 Å². The molecule has 1 aliphatic heterocycles. The molecule has 0 saturated heterocycles. The van der Waals surface area contributed by atoms with Gasteiger partial charge >= 0.3 is 0 Å². The predicted molar refractivity (Wildman–Crippen MR) is 60.8 cm³/mol. The second-order valence-electron chi connectivity index (χ2n) is 3.30. The maximum atomic E-state index is 13.7. The summed E-state index contributed by atoms with van der Waals surface area (Å²) in [6, 6.07) is 1.49. The van der Waals surface area contributed by atoms with E-state index in [9.17, 15) is 9.18 Å². The molecule has 0 unspecified atom stereocenters. The fraction of sp³-hybridized carbons (Fsp3) is 0.300. The van der Waals surface area contributed by atoms with Gasteiger partial charge in [-0.1, -0.05) is 27.5 Å². The van der Waals surface area contributed by atoms with Crippen LogP contribution in [-0.4, -0.2) is 12.5 Å². The van der Waals surface area contributed by atoms with Crippen LogP contribution in [0.1, 0.15) is 12.5 Å². The number of hydrogen-bond donors (Lipinski definition) is 0. The number of rotatable bonds is 1. The van der Waals surface area contributed by atoms with Gasteiger partial charge in [-0.2, -0.15) is 0 Å². The van der Waals surface area contributed by atoms with Gasteiger partial charge in [-0.05, 0) is 13.0 Å². The number of carbonyl (C=O) groups excluding carboxylic acids is 1. The quantitative estimate of drug-likeness (QED) is 0.728. The average Bonchev–Trinajstić information content (AvgIpc) is 2.52. The van der Waals surface area contributed by atoms with E-state index >= 15 is 0 Å². The fourth-order valence-corrected chi connectivity index (χ4v) is 2.66. The topological polar surface area (TPSA) is 20.3 Å². The molecule has 1 heterocycles. The Hall–Kier alpha value is -0.610. The second-order valence-corrected chi connectivity index (χ2v) is 4.56. The van der Waals surface area contributed by atoms with Gasteiger partial charge in [-0.15, -0.1) is 0 Å². The molecule has 0 radical (unpaired) electrons. The molecule has 1 amide bonds. The Labute approximate surface area is 100 Å². The molecule has 1 aliphatic rings. The van der Waals surface area contributed by atoms with Crippen LogP contribution in [0.15, 0.2) is 10.5 Å². The van der Waals surface area contributed by atoms with Gasteiger partial charge in [0.2, 0.25) is 5.91 Å². The van der Waals surface area contributed by atoms with Crippen LogP contribution in [-0.2, 0) is 11.2 Å². The van der Waals surface area contributed by atoms with Crippen molar-refractivity contribution in [3.63, 3.8) is 0 Å². The van der Waals surface area contributed by atoms with Crippen LogP contribution in [0.2, 0.25) is 5.02 Å². The van der Waals surface area contributed by atoms with Crippen molar-refractivity contribution in [2.75, 3.05) is 11.4 Å². The Kier molecular flexibility index (Phi) is 2.73. The lowest BCUT2D eigenvalue weighted by Gasteiger charge is -2.16. The van der Waals surface area contributed by atoms with E-state index in [0.717, 1.165) is 0 Å². The Morgan fingerprint density at radius 2 is 2.33 bits per heavy atom. The highest BCUT2D eigenvalue weighted by Gasteiger charge is 2.32. The maximum absolute atomic E-state index is 13.7. The van der Waals surface area contributed by atoms with E-state index in [-0.39, 0.29) is 17.4 Å². The van der Waals surface area contributed by atoms with Crippen molar-refractivity contribution in [1.82, 2.24) is 0 Å². The minimum Gasteiger partial charge on any atom is -0.309 e. The molecule has 0 spiro atoms. The molecule has 80 valence electrons. The molecule has 0 saturated carbocycles. The summed E-state index contributed by atoms with van der Waals surface area (Å²) in [5, 5.41) is 0.0359. The zero-order chi connectivity index (χ0) is 11.2. The van der Waals surface area contributed by atoms with Gasteiger partial charge in [0.05, 0.1) is 17.1 Å². The number of likely N-dealkylation sites (N-methyl/N-ethyl adjacent to an activating group) is 1. The summed E-state index contributed by atoms with van der Waals surface area (Å²) in [5.74, 6) is -0.600. The Morgan fingerprint density at radius 3 is 2.93 bits per heavy atom. The Morgan fingerprint density at radius 1 is 1.67 bits per heavy atom. The first-order chi connectivity index (χ1) is 7.06. The largest absolute Gasteiger partial charge is 0.309 e. The zero-order valence-electron chi connectivity index (χ0n) is 7.98. The average molecular weight is 293 g/mol. The standard InChI is InChI=1S/C10H8BrClFNO/c1-2-14-8(15)3-5-6(11)4-7(12)9(13)10(5)14/h4H,2-3H2,1H3. The monoisotopic (exact) mass is 291 g/mol. The first kappa shape index (κ1) is 10.9. The first-order valence-corrected chi connectivity index (χ1v) is 5.70. The van der Waals surface area contributed by atoms with Crippen LogP contribution in [0.5, 0.6) is 0 Å². The molecule has 2 rings (SSSR count). The summed E-state index contributed by atoms with van der Waals surface area (Å²) in [4.78, 5) is 13.0. The zero-order valence-corrected chi connectivity index (χ0v) is 10.3. The van der Waals surface area contributed by atoms with Gasteiger partial charge in [0, 0.05) is 16.6 Å². The number of carbonyl (C=O) groups is 1. The van der Waals surface area contributed by atoms with Crippen LogP contribution >= 0.6 is 27.5 Å². The van der Waals surface area contributed by atoms with Crippen molar-refractivity contribution in [1.29, 1.82) is 0 Å². The lowest BCUT2D eigenvalue weighted by Crippen LogP contribution is -2.26. The van der Waals surface area contributed by atoms with Crippen molar-refractivity contribution in [3.05, 3.63) is 26.9 Å². The van der Waals surface area contributed by atoms with Crippen LogP contribution < -0.4 is 4.90 Å². The molecule has 1 aromatic rings. The van der Waals surface area contributed by atoms with E-state index in [1.807, 2.05) is 0 Å². The van der Waals surface area contributed by atoms with Crippen LogP contribution in [0.4, 0.5) is 10.1 Å². The SMILES string of the molecule is CCN1C(=O)Cc2c(Br)cc(Cl)c(F)c21. The highest BCUT2D eigenvalue weighted by Crippen LogP contribution is 2.39. The third-order valence-electron chi connectivity index (χ3n) is 2.46. The molecule has 0 fully saturated rings. The number of amides is 1. The molecular weight excluding hydrogens is 284 g/mol. The van der Waals surface area contributed by atoms with Crippen LogP contribution in [0, 0.1) is 5.82 Å². The smallest absolute Gasteiger partial charge is 0.231 e. The van der Waals surface area contributed by atoms with E-state index < -0.39 is 5.82 Å². The van der Waals surface area contributed by atoms with Gasteiger partial charge in [-0.3, -0.25) is 4.79 Å². The normalized spacial score (nSPS) is 14.7. The van der Waals surface area contributed by atoms with E-state index in [1.54, 1.807) is 6.92 Å². The van der Waals surface area contributed by atoms with Crippen molar-refractivity contribution in [2.24, 2.45) is 0 Å². The summed E-state index contributed by atoms with van der Waals surface area (Å²) in [5.41, 5.74) is 1.01. The van der Waals surface area contributed by atoms with Gasteiger partial charge in [0.1, 0.15) is 0 Å². The minimum absolute atomic E-state index is 0.0359. The van der Waals surface area contributed by atoms with E-state index in [2.05, 4.69) is 15.9 Å². The molecule has 1 aromatic carbocycles. The highest BCUT2D eigenvalue weighted by molar-refractivity contribution is 9.10. The number of hydrogen-bond acceptors (Lipinski definition) is 1. The number of fused-ring (bicyclic) bond motifs is 1. The molecule has 0 aromatic heterocycles. The van der Waals surface area contributed by atoms with Crippen LogP contribution in [0.3, 0.4) is 0 Å². The van der Waals surface area contributed by atoms with Crippen molar-refractivity contribution >= 4 is 39.1 Å². The number of benzene rings is 1. The fourth-order valence-electron chi connectivity index (χ4n) is 1.78. The van der Waals surface area contributed by atoms with Crippen LogP contribution in [0.25, 0.3) is 0 Å². The molecule has 15 heavy (non-hydrogen) atoms. The predicted octanol–water partition coefficient (Wildman–Crippen LogP) is 3.15. The summed E-state index contributed by atoms with van der Waals surface area (Å²) < 4.78 is 14.4. The molecule has 2 nitrogen and oxygen atoms in total. The number of anilines is 1. The van der Waals surface area contributed by atoms with Crippen molar-refractivity contribution in [3.8, 4) is 0 Å². The summed E-state index contributed by atoms with van der Waals surface area (Å²) in [6.45, 7) is 2.26. The molecule has 0 aliphatic carbocycles. The van der Waals surface area contributed by atoms with E-state index in [4.69, 9.17) is 11.6 Å². The lowest BCUT2D eigenvalue weighted by atomic mass is 10.1. The van der Waals surface area contributed by atoms with Crippen molar-refractivity contribution < 1.29 is 9.18 Å². The molecule has 0 atom stereocenters. The lowest BCUT2D eigenvalue weighted by molar-refractivity contribution is -0.117. The third kappa shape index (κ3) is 1.56.